The molecule has 0 bridgehead atoms. The Morgan fingerprint density at radius 2 is 2.17 bits per heavy atom. The fourth-order valence-corrected chi connectivity index (χ4v) is 2.75. The van der Waals surface area contributed by atoms with E-state index in [1.165, 1.54) is 18.2 Å². The molecule has 0 saturated carbocycles. The Hall–Kier alpha value is -2.88. The van der Waals surface area contributed by atoms with Crippen molar-refractivity contribution >= 4 is 40.6 Å². The van der Waals surface area contributed by atoms with Gasteiger partial charge < -0.3 is 9.84 Å². The highest BCUT2D eigenvalue weighted by Crippen LogP contribution is 2.36. The van der Waals surface area contributed by atoms with Crippen LogP contribution in [0.2, 0.25) is 0 Å². The molecule has 1 aromatic carbocycles. The van der Waals surface area contributed by atoms with E-state index in [2.05, 4.69) is 4.74 Å². The van der Waals surface area contributed by atoms with Crippen molar-refractivity contribution in [2.75, 3.05) is 13.2 Å². The number of benzene rings is 1. The minimum Gasteiger partial charge on any atom is -0.502 e. The van der Waals surface area contributed by atoms with Crippen LogP contribution in [0, 0.1) is 10.1 Å². The molecule has 1 aliphatic heterocycles. The fourth-order valence-electron chi connectivity index (χ4n) is 1.93. The van der Waals surface area contributed by atoms with Crippen LogP contribution in [0.4, 0.5) is 10.5 Å². The summed E-state index contributed by atoms with van der Waals surface area (Å²) in [6.45, 7) is 1.19. The van der Waals surface area contributed by atoms with E-state index in [1.54, 1.807) is 6.92 Å². The summed E-state index contributed by atoms with van der Waals surface area (Å²) in [6.07, 6.45) is 1.17. The van der Waals surface area contributed by atoms with Crippen molar-refractivity contribution in [3.8, 4) is 5.75 Å². The fraction of sp³-hybridized carbons (Fsp3) is 0.214. The number of imide groups is 1. The molecule has 0 atom stereocenters. The Morgan fingerprint density at radius 3 is 2.79 bits per heavy atom. The molecule has 1 N–H and O–H groups in total. The number of phenolic OH excluding ortho intramolecular Hbond substituents is 1. The molecule has 126 valence electrons. The summed E-state index contributed by atoms with van der Waals surface area (Å²) < 4.78 is 4.69. The van der Waals surface area contributed by atoms with Crippen molar-refractivity contribution in [2.24, 2.45) is 0 Å². The molecule has 2 rings (SSSR count). The van der Waals surface area contributed by atoms with Crippen LogP contribution in [-0.2, 0) is 14.3 Å². The summed E-state index contributed by atoms with van der Waals surface area (Å²) in [4.78, 5) is 46.1. The number of nitrogens with zero attached hydrogens (tertiary/aromatic N) is 2. The topological polar surface area (TPSA) is 127 Å². The highest BCUT2D eigenvalue weighted by Gasteiger charge is 2.37. The zero-order valence-corrected chi connectivity index (χ0v) is 13.2. The van der Waals surface area contributed by atoms with Crippen LogP contribution in [0.5, 0.6) is 5.75 Å². The van der Waals surface area contributed by atoms with Gasteiger partial charge >= 0.3 is 11.7 Å². The summed E-state index contributed by atoms with van der Waals surface area (Å²) in [6, 6.07) is 3.81. The number of nitro groups is 1. The van der Waals surface area contributed by atoms with Crippen molar-refractivity contribution in [3.05, 3.63) is 38.8 Å². The van der Waals surface area contributed by atoms with Crippen LogP contribution in [0.3, 0.4) is 0 Å². The minimum atomic E-state index is -0.765. The molecule has 1 fully saturated rings. The molecule has 0 aliphatic carbocycles. The lowest BCUT2D eigenvalue weighted by Gasteiger charge is -2.10. The van der Waals surface area contributed by atoms with E-state index in [0.29, 0.717) is 16.7 Å². The zero-order valence-electron chi connectivity index (χ0n) is 12.4. The summed E-state index contributed by atoms with van der Waals surface area (Å²) in [5, 5.41) is 20.0. The van der Waals surface area contributed by atoms with Crippen LogP contribution in [0.25, 0.3) is 6.08 Å². The second kappa shape index (κ2) is 7.13. The third-order valence-corrected chi connectivity index (χ3v) is 3.90. The molecule has 1 aliphatic rings. The second-order valence-electron chi connectivity index (χ2n) is 4.54. The Bertz CT molecular complexity index is 759. The summed E-state index contributed by atoms with van der Waals surface area (Å²) >= 11 is 0.569. The van der Waals surface area contributed by atoms with E-state index < -0.39 is 40.0 Å². The quantitative estimate of drug-likeness (QED) is 0.368. The first kappa shape index (κ1) is 17.5. The second-order valence-corrected chi connectivity index (χ2v) is 5.54. The molecule has 0 spiro atoms. The van der Waals surface area contributed by atoms with E-state index >= 15 is 0 Å². The maximum atomic E-state index is 12.2. The molecule has 0 radical (unpaired) electrons. The number of carbonyl (C=O) groups excluding carboxylic acids is 3. The predicted molar refractivity (Wildman–Crippen MR) is 84.1 cm³/mol. The number of phenols is 1. The Morgan fingerprint density at radius 1 is 1.46 bits per heavy atom. The van der Waals surface area contributed by atoms with Crippen molar-refractivity contribution in [3.63, 3.8) is 0 Å². The number of carbonyl (C=O) groups is 3. The van der Waals surface area contributed by atoms with Gasteiger partial charge in [-0.25, -0.2) is 0 Å². The average Bonchev–Trinajstić information content (AvgIpc) is 2.77. The molecule has 10 heteroatoms. The Balaban J connectivity index is 2.28. The van der Waals surface area contributed by atoms with Crippen molar-refractivity contribution in [1.29, 1.82) is 0 Å². The van der Waals surface area contributed by atoms with Crippen LogP contribution >= 0.6 is 11.8 Å². The number of rotatable bonds is 5. The molecule has 1 saturated heterocycles. The van der Waals surface area contributed by atoms with Gasteiger partial charge in [-0.2, -0.15) is 0 Å². The van der Waals surface area contributed by atoms with Gasteiger partial charge in [0.15, 0.2) is 0 Å². The number of thioether (sulfide) groups is 1. The van der Waals surface area contributed by atoms with E-state index in [9.17, 15) is 29.6 Å². The number of esters is 1. The maximum Gasteiger partial charge on any atom is 0.326 e. The number of nitro benzene ring substituents is 1. The predicted octanol–water partition coefficient (Wildman–Crippen LogP) is 1.90. The Labute approximate surface area is 140 Å². The van der Waals surface area contributed by atoms with Gasteiger partial charge in [0.05, 0.1) is 16.4 Å². The number of aromatic hydroxyl groups is 1. The van der Waals surface area contributed by atoms with Gasteiger partial charge in [0.1, 0.15) is 6.54 Å². The molecule has 2 amide bonds. The van der Waals surface area contributed by atoms with Gasteiger partial charge in [0, 0.05) is 11.6 Å². The number of amides is 2. The molecular formula is C14H12N2O7S. The van der Waals surface area contributed by atoms with Gasteiger partial charge in [-0.05, 0) is 24.8 Å². The van der Waals surface area contributed by atoms with Crippen molar-refractivity contribution in [2.45, 2.75) is 6.92 Å². The molecular weight excluding hydrogens is 340 g/mol. The van der Waals surface area contributed by atoms with E-state index in [0.717, 1.165) is 6.07 Å². The number of para-hydroxylation sites is 1. The molecule has 1 heterocycles. The van der Waals surface area contributed by atoms with Crippen LogP contribution in [0.15, 0.2) is 23.1 Å². The van der Waals surface area contributed by atoms with Gasteiger partial charge in [-0.3, -0.25) is 29.4 Å². The van der Waals surface area contributed by atoms with Crippen molar-refractivity contribution in [1.82, 2.24) is 4.90 Å². The lowest BCUT2D eigenvalue weighted by Crippen LogP contribution is -2.34. The summed E-state index contributed by atoms with van der Waals surface area (Å²) in [7, 11) is 0. The van der Waals surface area contributed by atoms with Gasteiger partial charge in [-0.15, -0.1) is 0 Å². The molecule has 0 unspecified atom stereocenters. The minimum absolute atomic E-state index is 0.0193. The first-order chi connectivity index (χ1) is 11.3. The van der Waals surface area contributed by atoms with Crippen LogP contribution in [-0.4, -0.2) is 45.2 Å². The highest BCUT2D eigenvalue weighted by molar-refractivity contribution is 8.18. The first-order valence-electron chi connectivity index (χ1n) is 6.72. The Kier molecular flexibility index (Phi) is 5.19. The van der Waals surface area contributed by atoms with E-state index in [1.807, 2.05) is 0 Å². The average molecular weight is 352 g/mol. The summed E-state index contributed by atoms with van der Waals surface area (Å²) in [5.74, 6) is -2.07. The summed E-state index contributed by atoms with van der Waals surface area (Å²) in [5.41, 5.74) is -0.500. The third kappa shape index (κ3) is 3.54. The first-order valence-corrected chi connectivity index (χ1v) is 7.54. The van der Waals surface area contributed by atoms with Crippen LogP contribution in [0.1, 0.15) is 12.5 Å². The number of hydrogen-bond donors (Lipinski definition) is 1. The third-order valence-electron chi connectivity index (χ3n) is 3.00. The number of ether oxygens (including phenoxy) is 1. The molecule has 0 aromatic heterocycles. The van der Waals surface area contributed by atoms with Crippen LogP contribution < -0.4 is 0 Å². The molecule has 1 aromatic rings. The highest BCUT2D eigenvalue weighted by atomic mass is 32.2. The molecule has 24 heavy (non-hydrogen) atoms. The maximum absolute atomic E-state index is 12.2. The largest absolute Gasteiger partial charge is 0.502 e. The normalized spacial score (nSPS) is 15.9. The van der Waals surface area contributed by atoms with Gasteiger partial charge in [-0.1, -0.05) is 12.1 Å². The SMILES string of the molecule is CCOC(=O)CN1C(=O)S/C(=C\c2cccc([N+](=O)[O-])c2O)C1=O. The van der Waals surface area contributed by atoms with Crippen molar-refractivity contribution < 1.29 is 29.2 Å². The lowest BCUT2D eigenvalue weighted by molar-refractivity contribution is -0.385. The van der Waals surface area contributed by atoms with Gasteiger partial charge in [0.2, 0.25) is 5.75 Å². The molecule has 9 nitrogen and oxygen atoms in total. The van der Waals surface area contributed by atoms with E-state index in [-0.39, 0.29) is 17.1 Å². The monoisotopic (exact) mass is 352 g/mol. The standard InChI is InChI=1S/C14H12N2O7S/c1-2-23-11(17)7-15-13(19)10(24-14(15)20)6-8-4-3-5-9(12(8)18)16(21)22/h3-6,18H,2,7H2,1H3/b10-6-. The smallest absolute Gasteiger partial charge is 0.326 e. The van der Waals surface area contributed by atoms with Gasteiger partial charge in [0.25, 0.3) is 11.1 Å². The zero-order chi connectivity index (χ0) is 17.9. The number of hydrogen-bond acceptors (Lipinski definition) is 8. The lowest BCUT2D eigenvalue weighted by atomic mass is 10.1. The van der Waals surface area contributed by atoms with E-state index in [4.69, 9.17) is 0 Å².